The lowest BCUT2D eigenvalue weighted by atomic mass is 9.87. The van der Waals surface area contributed by atoms with Gasteiger partial charge in [-0.25, -0.2) is 4.79 Å². The second kappa shape index (κ2) is 16.9. The molecule has 1 aliphatic carbocycles. The molecule has 0 fully saturated rings. The number of carbonyl (C=O) groups excluding carboxylic acids is 3. The third-order valence-electron chi connectivity index (χ3n) is 8.50. The van der Waals surface area contributed by atoms with Gasteiger partial charge in [0.15, 0.2) is 11.5 Å². The number of aldehydes is 1. The van der Waals surface area contributed by atoms with Crippen LogP contribution in [-0.4, -0.2) is 92.5 Å². The van der Waals surface area contributed by atoms with Gasteiger partial charge in [0.1, 0.15) is 41.1 Å². The zero-order valence-corrected chi connectivity index (χ0v) is 30.2. The molecule has 0 saturated heterocycles. The van der Waals surface area contributed by atoms with Crippen LogP contribution >= 0.6 is 22.6 Å². The van der Waals surface area contributed by atoms with E-state index in [0.717, 1.165) is 0 Å². The molecule has 268 valence electrons. The highest BCUT2D eigenvalue weighted by atomic mass is 127. The number of nitrogens with one attached hydrogen (secondary N) is 1. The van der Waals surface area contributed by atoms with Crippen molar-refractivity contribution < 1.29 is 48.0 Å². The first kappa shape index (κ1) is 37.3. The van der Waals surface area contributed by atoms with Crippen LogP contribution in [0.4, 0.5) is 0 Å². The number of benzene rings is 3. The number of hydrogen-bond acceptors (Lipinski definition) is 11. The molecule has 0 bridgehead atoms. The SMILES string of the molecule is COc1ccc(OC)c(CCN(C(=O)c2cc3ccccc3oc2=O)[C@@H]2CC(C(=O)NCCO)=C[C@H](Oc3c(I)cc(C=O)cc3OC)[C@H]2O)c1. The Bertz CT molecular complexity index is 2010. The van der Waals surface area contributed by atoms with Gasteiger partial charge in [0, 0.05) is 36.0 Å². The van der Waals surface area contributed by atoms with Crippen LogP contribution in [0.15, 0.2) is 81.5 Å². The minimum absolute atomic E-state index is 0.0375. The molecule has 1 aliphatic rings. The lowest BCUT2D eigenvalue weighted by Crippen LogP contribution is -2.56. The Labute approximate surface area is 306 Å². The first-order valence-electron chi connectivity index (χ1n) is 15.9. The van der Waals surface area contributed by atoms with E-state index in [-0.39, 0.29) is 55.2 Å². The molecule has 0 spiro atoms. The number of halogens is 1. The van der Waals surface area contributed by atoms with Gasteiger partial charge in [0.25, 0.3) is 5.91 Å². The molecule has 0 unspecified atom stereocenters. The van der Waals surface area contributed by atoms with E-state index in [4.69, 9.17) is 23.4 Å². The second-order valence-corrected chi connectivity index (χ2v) is 12.7. The van der Waals surface area contributed by atoms with Gasteiger partial charge in [-0.3, -0.25) is 14.4 Å². The van der Waals surface area contributed by atoms with Crippen molar-refractivity contribution in [2.75, 3.05) is 41.0 Å². The Morgan fingerprint density at radius 1 is 1.04 bits per heavy atom. The van der Waals surface area contributed by atoms with Crippen LogP contribution in [0.2, 0.25) is 0 Å². The van der Waals surface area contributed by atoms with Crippen LogP contribution in [-0.2, 0) is 11.2 Å². The molecule has 13 nitrogen and oxygen atoms in total. The Morgan fingerprint density at radius 2 is 1.80 bits per heavy atom. The summed E-state index contributed by atoms with van der Waals surface area (Å²) in [4.78, 5) is 54.1. The number of carbonyl (C=O) groups is 3. The fourth-order valence-corrected chi connectivity index (χ4v) is 6.69. The van der Waals surface area contributed by atoms with Gasteiger partial charge >= 0.3 is 5.63 Å². The molecule has 4 aromatic rings. The zero-order chi connectivity index (χ0) is 36.7. The monoisotopic (exact) mass is 812 g/mol. The average molecular weight is 813 g/mol. The highest BCUT2D eigenvalue weighted by Crippen LogP contribution is 2.37. The fourth-order valence-electron chi connectivity index (χ4n) is 5.94. The minimum atomic E-state index is -1.44. The van der Waals surface area contributed by atoms with Crippen molar-refractivity contribution in [3.8, 4) is 23.0 Å². The maximum absolute atomic E-state index is 14.5. The summed E-state index contributed by atoms with van der Waals surface area (Å²) in [6, 6.07) is 15.4. The molecule has 1 aromatic heterocycles. The molecular weight excluding hydrogens is 775 g/mol. The fraction of sp³-hybridized carbons (Fsp3) is 0.297. The minimum Gasteiger partial charge on any atom is -0.497 e. The molecule has 5 rings (SSSR count). The number of nitrogens with zero attached hydrogens (tertiary/aromatic N) is 1. The van der Waals surface area contributed by atoms with Crippen LogP contribution in [0.3, 0.4) is 0 Å². The van der Waals surface area contributed by atoms with Gasteiger partial charge in [-0.05, 0) is 83.1 Å². The summed E-state index contributed by atoms with van der Waals surface area (Å²) in [6.07, 6.45) is -0.458. The molecule has 0 radical (unpaired) electrons. The zero-order valence-electron chi connectivity index (χ0n) is 28.1. The summed E-state index contributed by atoms with van der Waals surface area (Å²) < 4.78 is 28.8. The van der Waals surface area contributed by atoms with Crippen molar-refractivity contribution >= 4 is 51.7 Å². The summed E-state index contributed by atoms with van der Waals surface area (Å²) in [5.74, 6) is 0.222. The average Bonchev–Trinajstić information content (AvgIpc) is 3.14. The van der Waals surface area contributed by atoms with E-state index in [2.05, 4.69) is 5.32 Å². The Kier molecular flexibility index (Phi) is 12.3. The Hall–Kier alpha value is -4.93. The first-order valence-corrected chi connectivity index (χ1v) is 17.0. The van der Waals surface area contributed by atoms with Crippen molar-refractivity contribution in [3.05, 3.63) is 103 Å². The van der Waals surface area contributed by atoms with E-state index < -0.39 is 35.7 Å². The highest BCUT2D eigenvalue weighted by molar-refractivity contribution is 14.1. The molecule has 1 heterocycles. The molecule has 2 amide bonds. The Morgan fingerprint density at radius 3 is 2.51 bits per heavy atom. The molecule has 0 aliphatic heterocycles. The van der Waals surface area contributed by atoms with Crippen molar-refractivity contribution in [2.45, 2.75) is 31.1 Å². The van der Waals surface area contributed by atoms with E-state index in [1.807, 2.05) is 22.6 Å². The van der Waals surface area contributed by atoms with Gasteiger partial charge in [0.2, 0.25) is 5.91 Å². The number of hydrogen-bond donors (Lipinski definition) is 3. The molecule has 0 saturated carbocycles. The second-order valence-electron chi connectivity index (χ2n) is 11.6. The largest absolute Gasteiger partial charge is 0.497 e. The van der Waals surface area contributed by atoms with Crippen LogP contribution in [0.5, 0.6) is 23.0 Å². The normalized spacial score (nSPS) is 16.9. The maximum Gasteiger partial charge on any atom is 0.349 e. The van der Waals surface area contributed by atoms with Gasteiger partial charge in [-0.2, -0.15) is 0 Å². The summed E-state index contributed by atoms with van der Waals surface area (Å²) in [6.45, 7) is -0.387. The number of methoxy groups -OCH3 is 3. The van der Waals surface area contributed by atoms with E-state index in [0.29, 0.717) is 43.5 Å². The predicted molar refractivity (Wildman–Crippen MR) is 195 cm³/mol. The van der Waals surface area contributed by atoms with Gasteiger partial charge in [-0.1, -0.05) is 18.2 Å². The van der Waals surface area contributed by atoms with E-state index in [1.165, 1.54) is 44.4 Å². The number of aliphatic hydroxyl groups excluding tert-OH is 2. The van der Waals surface area contributed by atoms with Crippen LogP contribution in [0.25, 0.3) is 11.0 Å². The standard InChI is InChI=1S/C37H37IN2O11/c1-47-25-8-9-29(48-2)23(16-25)10-12-40(36(45)26-17-22-6-4-5-7-30(22)51-37(26)46)28-18-24(35(44)39-11-13-41)19-31(33(28)43)50-34-27(38)14-21(20-42)15-32(34)49-3/h4-9,14-17,19-20,28,31,33,41,43H,10-13,18H2,1-3H3,(H,39,44)/t28-,31+,33+/m1/s1. The van der Waals surface area contributed by atoms with Crippen LogP contribution < -0.4 is 29.9 Å². The first-order chi connectivity index (χ1) is 24.6. The van der Waals surface area contributed by atoms with Crippen molar-refractivity contribution in [1.82, 2.24) is 10.2 Å². The van der Waals surface area contributed by atoms with Gasteiger partial charge < -0.3 is 43.8 Å². The maximum atomic E-state index is 14.5. The van der Waals surface area contributed by atoms with Crippen LogP contribution in [0.1, 0.15) is 32.7 Å². The van der Waals surface area contributed by atoms with E-state index in [1.54, 1.807) is 48.5 Å². The van der Waals surface area contributed by atoms with E-state index >= 15 is 0 Å². The van der Waals surface area contributed by atoms with Crippen molar-refractivity contribution in [3.63, 3.8) is 0 Å². The third-order valence-corrected chi connectivity index (χ3v) is 9.30. The summed E-state index contributed by atoms with van der Waals surface area (Å²) in [5, 5.41) is 24.6. The predicted octanol–water partition coefficient (Wildman–Crippen LogP) is 3.54. The lowest BCUT2D eigenvalue weighted by molar-refractivity contribution is -0.118. The lowest BCUT2D eigenvalue weighted by Gasteiger charge is -2.40. The van der Waals surface area contributed by atoms with E-state index in [9.17, 15) is 29.4 Å². The number of ether oxygens (including phenoxy) is 4. The number of rotatable bonds is 14. The molecule has 3 N–H and O–H groups in total. The quantitative estimate of drug-likeness (QED) is 0.0966. The summed E-state index contributed by atoms with van der Waals surface area (Å²) >= 11 is 1.97. The smallest absolute Gasteiger partial charge is 0.349 e. The summed E-state index contributed by atoms with van der Waals surface area (Å²) in [7, 11) is 4.44. The van der Waals surface area contributed by atoms with Crippen molar-refractivity contribution in [1.29, 1.82) is 0 Å². The van der Waals surface area contributed by atoms with Crippen molar-refractivity contribution in [2.24, 2.45) is 0 Å². The number of aliphatic hydroxyl groups is 2. The molecule has 14 heteroatoms. The number of amides is 2. The number of para-hydroxylation sites is 1. The molecular formula is C37H37IN2O11. The summed E-state index contributed by atoms with van der Waals surface area (Å²) in [5.41, 5.74) is 0.357. The highest BCUT2D eigenvalue weighted by Gasteiger charge is 2.42. The van der Waals surface area contributed by atoms with Crippen LogP contribution in [0, 0.1) is 3.57 Å². The number of fused-ring (bicyclic) bond motifs is 1. The van der Waals surface area contributed by atoms with Gasteiger partial charge in [-0.15, -0.1) is 0 Å². The topological polar surface area (TPSA) is 174 Å². The Balaban J connectivity index is 1.61. The molecule has 3 aromatic carbocycles. The molecule has 51 heavy (non-hydrogen) atoms. The molecule has 3 atom stereocenters. The van der Waals surface area contributed by atoms with Gasteiger partial charge in [0.05, 0.1) is 37.5 Å². The third kappa shape index (κ3) is 8.35.